The molecular weight excluding hydrogens is 1630 g/mol. The van der Waals surface area contributed by atoms with Crippen LogP contribution in [-0.2, 0) is 59.0 Å². The minimum Gasteiger partial charge on any atom is -0.508 e. The van der Waals surface area contributed by atoms with Crippen molar-refractivity contribution in [2.24, 2.45) is 0 Å². The van der Waals surface area contributed by atoms with Gasteiger partial charge in [-0.2, -0.15) is 0 Å². The lowest BCUT2D eigenvalue weighted by atomic mass is 9.89. The Morgan fingerprint density at radius 1 is 0.563 bits per heavy atom. The normalized spacial score (nSPS) is 24.4. The molecule has 0 spiro atoms. The number of halogens is 2. The molecule has 0 radical (unpaired) electrons. The number of ether oxygens (including phenoxy) is 5. The van der Waals surface area contributed by atoms with Crippen LogP contribution < -0.4 is 51.4 Å². The van der Waals surface area contributed by atoms with Crippen molar-refractivity contribution in [1.29, 1.82) is 0 Å². The third kappa shape index (κ3) is 18.4. The molecule has 33 nitrogen and oxygen atoms in total. The van der Waals surface area contributed by atoms with Gasteiger partial charge in [0, 0.05) is 42.2 Å². The maximum atomic E-state index is 16.3. The summed E-state index contributed by atoms with van der Waals surface area (Å²) >= 11 is 16.7. The fourth-order valence-electron chi connectivity index (χ4n) is 14.9. The molecule has 8 amide bonds. The number of carboxylic acids is 1. The number of rotatable bonds is 18. The number of imide groups is 1. The molecule has 37 heteroatoms. The van der Waals surface area contributed by atoms with Crippen LogP contribution >= 0.6 is 46.7 Å². The molecule has 0 aromatic heterocycles. The summed E-state index contributed by atoms with van der Waals surface area (Å²) in [7, 11) is 0. The summed E-state index contributed by atoms with van der Waals surface area (Å²) < 4.78 is 31.7. The number of hydrogen-bond donors (Lipinski definition) is 18. The van der Waals surface area contributed by atoms with Crippen LogP contribution in [0.1, 0.15) is 147 Å². The molecule has 17 bridgehead atoms. The topological polar surface area (TPSA) is 510 Å². The van der Waals surface area contributed by atoms with Crippen molar-refractivity contribution in [1.82, 2.24) is 42.1 Å². The number of phenols is 6. The number of hydrogen-bond acceptors (Lipinski definition) is 27. The van der Waals surface area contributed by atoms with Gasteiger partial charge in [-0.25, -0.2) is 4.79 Å². The van der Waals surface area contributed by atoms with Crippen molar-refractivity contribution >= 4 is 100.0 Å². The number of aliphatic hydroxyl groups excluding tert-OH is 4. The van der Waals surface area contributed by atoms with E-state index in [0.717, 1.165) is 123 Å². The fraction of sp³-hybridized carbons (Fsp3) is 0.354. The quantitative estimate of drug-likeness (QED) is 0.0286. The molecule has 1 saturated heterocycles. The van der Waals surface area contributed by atoms with Crippen LogP contribution in [0.5, 0.6) is 69.0 Å². The number of phenolic OH excluding ortho intramolecular Hbond substituents is 6. The van der Waals surface area contributed by atoms with E-state index in [2.05, 4.69) is 37.2 Å². The number of nitrogens with one attached hydrogen (secondary N) is 7. The van der Waals surface area contributed by atoms with Gasteiger partial charge in [0.25, 0.3) is 11.8 Å². The Labute approximate surface area is 697 Å². The summed E-state index contributed by atoms with van der Waals surface area (Å²) in [5.41, 5.74) is -2.80. The smallest absolute Gasteiger partial charge is 0.330 e. The number of carbonyl (C=O) groups excluding carboxylic acids is 8. The van der Waals surface area contributed by atoms with Gasteiger partial charge in [0.15, 0.2) is 35.3 Å². The number of benzene rings is 7. The molecule has 0 aliphatic carbocycles. The highest BCUT2D eigenvalue weighted by Gasteiger charge is 2.51. The molecule has 7 aromatic rings. The first kappa shape index (κ1) is 85.8. The van der Waals surface area contributed by atoms with Crippen LogP contribution in [0.2, 0.25) is 10.0 Å². The minimum atomic E-state index is -2.51. The number of aromatic hydroxyl groups is 6. The predicted octanol–water partition coefficient (Wildman–Crippen LogP) is 7.99. The third-order valence-electron chi connectivity index (χ3n) is 20.8. The first-order valence-electron chi connectivity index (χ1n) is 38.1. The number of unbranched alkanes of at least 4 members (excludes halogenated alkanes) is 6. The Bertz CT molecular complexity index is 5180. The van der Waals surface area contributed by atoms with Gasteiger partial charge >= 0.3 is 5.97 Å². The van der Waals surface area contributed by atoms with Gasteiger partial charge in [0.05, 0.1) is 32.5 Å². The van der Waals surface area contributed by atoms with Crippen molar-refractivity contribution in [2.75, 3.05) is 18.1 Å². The summed E-state index contributed by atoms with van der Waals surface area (Å²) in [5.74, 6) is -17.0. The number of aliphatic hydroxyl groups is 4. The summed E-state index contributed by atoms with van der Waals surface area (Å²) in [6.45, 7) is 4.12. The standard InChI is InChI=1S/C82H84Cl2N8O25S2/c1-4-6-8-10-20-118-71-72(119-21-11-9-7-5-2)80(110)92(79(71)109)66-38-14-17-51(98)55(28-38)113-44-25-40(24-42(95)31-44)61-75(105)89-62-41-29-56(114-53-18-12-36(22-47(53)83)23-49(73(103)87-61)86-78(66)108)67(100)57(30-41)115-54-19-15-39(27-48(54)84)70(117-82-64(85-35(3)94)69(102)68(101)58(34-93)116-82)65-77(107)90-63(81(111)112)46-32-43(96)33-52(99)59(46)45-26-37(13-16-50(45)97)60(74(104)91-65)88-76(62)106/h12-19,22,24-33,49,58,60-66,68-70,76,82,88,93,95-102,106H,4-11,20-21,23,34H2,1-3H3,(H,85,94)(H,86,108)(H,87,103)(H,89,105)(H,90,107)(H,91,104)(H,111,112)/t49-,58-,60-,61+,62-,63-,64-,65-,66-,68-,69-,70-,76?,82+/m1/s1. The van der Waals surface area contributed by atoms with E-state index in [-0.39, 0.29) is 65.5 Å². The number of aliphatic carboxylic acids is 1. The summed E-state index contributed by atoms with van der Waals surface area (Å²) in [6.07, 6.45) is -6.15. The molecule has 0 saturated carbocycles. The number of carbonyl (C=O) groups is 9. The fourth-order valence-corrected chi connectivity index (χ4v) is 17.7. The van der Waals surface area contributed by atoms with E-state index >= 15 is 33.6 Å². The zero-order valence-corrected chi connectivity index (χ0v) is 66.8. The molecule has 628 valence electrons. The van der Waals surface area contributed by atoms with Gasteiger partial charge in [-0.05, 0) is 137 Å². The van der Waals surface area contributed by atoms with E-state index in [4.69, 9.17) is 46.9 Å². The van der Waals surface area contributed by atoms with Crippen molar-refractivity contribution < 1.29 is 123 Å². The maximum absolute atomic E-state index is 16.3. The van der Waals surface area contributed by atoms with Gasteiger partial charge in [-0.15, -0.1) is 23.5 Å². The second-order valence-electron chi connectivity index (χ2n) is 29.2. The van der Waals surface area contributed by atoms with Gasteiger partial charge in [-0.3, -0.25) is 48.6 Å². The minimum absolute atomic E-state index is 0.0965. The highest BCUT2D eigenvalue weighted by atomic mass is 35.5. The number of thioether (sulfide) groups is 2. The van der Waals surface area contributed by atoms with Crippen LogP contribution in [0.4, 0.5) is 0 Å². The van der Waals surface area contributed by atoms with Crippen molar-refractivity contribution in [3.05, 3.63) is 174 Å². The molecule has 7 aromatic carbocycles. The molecular formula is C82H84Cl2N8O25S2. The first-order valence-corrected chi connectivity index (χ1v) is 40.8. The van der Waals surface area contributed by atoms with E-state index in [0.29, 0.717) is 24.3 Å². The van der Waals surface area contributed by atoms with Crippen LogP contribution in [-0.4, -0.2) is 181 Å². The summed E-state index contributed by atoms with van der Waals surface area (Å²) in [5, 5.41) is 146. The molecule has 8 heterocycles. The number of carboxylic acid groups (broad SMARTS) is 1. The number of amides is 8. The molecule has 1 fully saturated rings. The van der Waals surface area contributed by atoms with E-state index < -0.39 is 225 Å². The van der Waals surface area contributed by atoms with Gasteiger partial charge in [-0.1, -0.05) is 99.8 Å². The largest absolute Gasteiger partial charge is 0.508 e. The first-order chi connectivity index (χ1) is 56.9. The van der Waals surface area contributed by atoms with Crippen LogP contribution in [0.15, 0.2) is 125 Å². The van der Waals surface area contributed by atoms with Gasteiger partial charge in [0.2, 0.25) is 41.2 Å². The summed E-state index contributed by atoms with van der Waals surface area (Å²) in [4.78, 5) is 138. The lowest BCUT2D eigenvalue weighted by molar-refractivity contribution is -0.284. The zero-order chi connectivity index (χ0) is 85.1. The second kappa shape index (κ2) is 36.6. The van der Waals surface area contributed by atoms with E-state index in [1.165, 1.54) is 66.0 Å². The van der Waals surface area contributed by atoms with Crippen LogP contribution in [0.3, 0.4) is 0 Å². The van der Waals surface area contributed by atoms with Crippen LogP contribution in [0.25, 0.3) is 11.1 Å². The van der Waals surface area contributed by atoms with E-state index in [1.807, 2.05) is 13.8 Å². The Morgan fingerprint density at radius 2 is 1.18 bits per heavy atom. The van der Waals surface area contributed by atoms with E-state index in [1.54, 1.807) is 0 Å². The second-order valence-corrected chi connectivity index (χ2v) is 32.2. The monoisotopic (exact) mass is 1710 g/mol. The Balaban J connectivity index is 0.990. The lowest BCUT2D eigenvalue weighted by Gasteiger charge is -2.44. The highest BCUT2D eigenvalue weighted by Crippen LogP contribution is 2.50. The average Bonchev–Trinajstić information content (AvgIpc) is 1.67. The number of nitrogens with zero attached hydrogens (tertiary/aromatic N) is 1. The SMILES string of the molecule is CCCCCCSC1=C(SCCCCCC)C(=O)N([C@H]2C(=O)N[C@@H]3Cc4ccc(c(Cl)c4)Oc4cc5cc(c4O)Oc4ccc(cc4Cl)[C@@H](O[C@@H]4O[C@H](CO)[C@@H](O)[C@H](O)[C@H]4NC(C)=O)[C@H]4NC(=O)[C@H](NC(O)[C@@H]5NC(=O)[C@@H](NC3=O)c3cc(O)cc(c3)Oc3cc2ccc3O)c2ccc(O)c(c2)-c2c(O)cc(O)cc2[C@H](C(=O)O)NC4=O)C1=O. The predicted molar refractivity (Wildman–Crippen MR) is 428 cm³/mol. The average molecular weight is 1720 g/mol. The van der Waals surface area contributed by atoms with E-state index in [9.17, 15) is 65.8 Å². The van der Waals surface area contributed by atoms with Crippen molar-refractivity contribution in [2.45, 2.75) is 164 Å². The van der Waals surface area contributed by atoms with Gasteiger partial charge < -0.3 is 112 Å². The molecule has 119 heavy (non-hydrogen) atoms. The molecule has 18 N–H and O–H groups in total. The van der Waals surface area contributed by atoms with Crippen LogP contribution in [0, 0.1) is 0 Å². The molecule has 8 aliphatic rings. The van der Waals surface area contributed by atoms with Crippen molar-refractivity contribution in [3.8, 4) is 80.1 Å². The Kier molecular flexibility index (Phi) is 26.4. The lowest BCUT2D eigenvalue weighted by Crippen LogP contribution is -2.65. The third-order valence-corrected chi connectivity index (χ3v) is 23.8. The summed E-state index contributed by atoms with van der Waals surface area (Å²) in [6, 6.07) is 4.50. The van der Waals surface area contributed by atoms with Crippen molar-refractivity contribution in [3.63, 3.8) is 0 Å². The molecule has 1 unspecified atom stereocenters. The maximum Gasteiger partial charge on any atom is 0.330 e. The Morgan fingerprint density at radius 3 is 1.82 bits per heavy atom. The molecule has 8 aliphatic heterocycles. The number of fused-ring (bicyclic) bond motifs is 14. The zero-order valence-electron chi connectivity index (χ0n) is 63.7. The molecule has 14 atom stereocenters. The Hall–Kier alpha value is -11.1. The van der Waals surface area contributed by atoms with Gasteiger partial charge in [0.1, 0.15) is 107 Å². The molecule has 15 rings (SSSR count). The highest BCUT2D eigenvalue weighted by molar-refractivity contribution is 8.08.